The third kappa shape index (κ3) is 4.37. The van der Waals surface area contributed by atoms with Crippen molar-refractivity contribution in [1.82, 2.24) is 10.6 Å². The Kier molecular flexibility index (Phi) is 5.64. The maximum atomic E-state index is 11.9. The Hall–Kier alpha value is -1.56. The number of halogens is 3. The van der Waals surface area contributed by atoms with Crippen molar-refractivity contribution >= 4 is 17.6 Å². The molecular weight excluding hydrogens is 266 g/mol. The normalized spacial score (nSPS) is 10.3. The summed E-state index contributed by atoms with van der Waals surface area (Å²) in [6.07, 6.45) is -2.58. The number of methoxy groups -OCH3 is 1. The molecular formula is C11H13ClF2N2O2. The van der Waals surface area contributed by atoms with E-state index in [1.807, 2.05) is 5.32 Å². The molecule has 0 spiro atoms. The third-order valence-corrected chi connectivity index (χ3v) is 2.49. The highest BCUT2D eigenvalue weighted by atomic mass is 35.5. The van der Waals surface area contributed by atoms with Crippen molar-refractivity contribution in [3.8, 4) is 5.75 Å². The minimum atomic E-state index is -2.58. The lowest BCUT2D eigenvalue weighted by Crippen LogP contribution is -2.37. The maximum absolute atomic E-state index is 11.9. The molecule has 4 nitrogen and oxygen atoms in total. The van der Waals surface area contributed by atoms with Crippen LogP contribution in [-0.2, 0) is 6.54 Å². The summed E-state index contributed by atoms with van der Waals surface area (Å²) >= 11 is 5.95. The minimum absolute atomic E-state index is 0.0952. The summed E-state index contributed by atoms with van der Waals surface area (Å²) in [7, 11) is 1.48. The van der Waals surface area contributed by atoms with E-state index < -0.39 is 19.0 Å². The van der Waals surface area contributed by atoms with Crippen LogP contribution in [0.2, 0.25) is 5.02 Å². The van der Waals surface area contributed by atoms with Crippen molar-refractivity contribution in [2.45, 2.75) is 13.0 Å². The molecule has 0 heterocycles. The van der Waals surface area contributed by atoms with Gasteiger partial charge in [0.2, 0.25) is 0 Å². The largest absolute Gasteiger partial charge is 0.496 e. The molecule has 0 saturated heterocycles. The van der Waals surface area contributed by atoms with E-state index in [1.54, 1.807) is 18.2 Å². The summed E-state index contributed by atoms with van der Waals surface area (Å²) in [6.45, 7) is -0.594. The predicted octanol–water partition coefficient (Wildman–Crippen LogP) is 2.41. The topological polar surface area (TPSA) is 50.4 Å². The number of ether oxygens (including phenoxy) is 1. The van der Waals surface area contributed by atoms with Gasteiger partial charge >= 0.3 is 6.03 Å². The van der Waals surface area contributed by atoms with Crippen LogP contribution in [-0.4, -0.2) is 26.1 Å². The molecule has 0 atom stereocenters. The average Bonchev–Trinajstić information content (AvgIpc) is 2.34. The van der Waals surface area contributed by atoms with E-state index in [2.05, 4.69) is 5.32 Å². The van der Waals surface area contributed by atoms with Gasteiger partial charge in [-0.3, -0.25) is 0 Å². The van der Waals surface area contributed by atoms with E-state index in [-0.39, 0.29) is 6.54 Å². The molecule has 1 aromatic carbocycles. The first-order valence-corrected chi connectivity index (χ1v) is 5.53. The molecule has 0 aliphatic carbocycles. The quantitative estimate of drug-likeness (QED) is 0.869. The fourth-order valence-corrected chi connectivity index (χ4v) is 1.54. The van der Waals surface area contributed by atoms with E-state index >= 15 is 0 Å². The summed E-state index contributed by atoms with van der Waals surface area (Å²) in [6, 6.07) is 4.37. The molecule has 0 aliphatic heterocycles. The first-order chi connectivity index (χ1) is 8.54. The monoisotopic (exact) mass is 278 g/mol. The number of hydrogen-bond acceptors (Lipinski definition) is 2. The van der Waals surface area contributed by atoms with Crippen LogP contribution >= 0.6 is 11.6 Å². The molecule has 2 amide bonds. The van der Waals surface area contributed by atoms with Gasteiger partial charge in [0.05, 0.1) is 13.7 Å². The van der Waals surface area contributed by atoms with E-state index in [1.165, 1.54) is 7.11 Å². The number of amides is 2. The zero-order valence-corrected chi connectivity index (χ0v) is 10.4. The minimum Gasteiger partial charge on any atom is -0.496 e. The average molecular weight is 279 g/mol. The number of nitrogens with one attached hydrogen (secondary N) is 2. The predicted molar refractivity (Wildman–Crippen MR) is 64.2 cm³/mol. The molecule has 18 heavy (non-hydrogen) atoms. The first-order valence-electron chi connectivity index (χ1n) is 5.15. The molecule has 0 saturated carbocycles. The fraction of sp³-hybridized carbons (Fsp3) is 0.364. The maximum Gasteiger partial charge on any atom is 0.315 e. The number of benzene rings is 1. The van der Waals surface area contributed by atoms with Gasteiger partial charge < -0.3 is 15.4 Å². The second kappa shape index (κ2) is 7.00. The van der Waals surface area contributed by atoms with E-state index in [0.717, 1.165) is 0 Å². The van der Waals surface area contributed by atoms with Crippen molar-refractivity contribution < 1.29 is 18.3 Å². The van der Waals surface area contributed by atoms with E-state index in [0.29, 0.717) is 16.3 Å². The fourth-order valence-electron chi connectivity index (χ4n) is 1.30. The van der Waals surface area contributed by atoms with Crippen LogP contribution in [0.5, 0.6) is 5.75 Å². The zero-order chi connectivity index (χ0) is 13.5. The number of rotatable bonds is 5. The molecule has 1 rings (SSSR count). The number of alkyl halides is 2. The van der Waals surface area contributed by atoms with Crippen LogP contribution in [0.15, 0.2) is 18.2 Å². The molecule has 0 radical (unpaired) electrons. The Morgan fingerprint density at radius 1 is 1.44 bits per heavy atom. The van der Waals surface area contributed by atoms with Gasteiger partial charge in [-0.05, 0) is 12.1 Å². The molecule has 0 aliphatic rings. The van der Waals surface area contributed by atoms with Crippen LogP contribution < -0.4 is 15.4 Å². The van der Waals surface area contributed by atoms with Crippen LogP contribution in [0.25, 0.3) is 0 Å². The molecule has 0 fully saturated rings. The van der Waals surface area contributed by atoms with Crippen LogP contribution in [0.4, 0.5) is 13.6 Å². The third-order valence-electron chi connectivity index (χ3n) is 2.14. The molecule has 2 N–H and O–H groups in total. The van der Waals surface area contributed by atoms with Crippen molar-refractivity contribution in [3.05, 3.63) is 28.8 Å². The lowest BCUT2D eigenvalue weighted by Gasteiger charge is -2.11. The van der Waals surface area contributed by atoms with Crippen molar-refractivity contribution in [3.63, 3.8) is 0 Å². The zero-order valence-electron chi connectivity index (χ0n) is 9.67. The van der Waals surface area contributed by atoms with E-state index in [9.17, 15) is 13.6 Å². The van der Waals surface area contributed by atoms with Gasteiger partial charge in [-0.15, -0.1) is 0 Å². The summed E-state index contributed by atoms with van der Waals surface area (Å²) in [4.78, 5) is 11.2. The molecule has 1 aromatic rings. The van der Waals surface area contributed by atoms with Gasteiger partial charge in [-0.1, -0.05) is 17.7 Å². The number of carbonyl (C=O) groups excluding carboxylic acids is 1. The number of hydrogen-bond donors (Lipinski definition) is 2. The van der Waals surface area contributed by atoms with Crippen molar-refractivity contribution in [2.24, 2.45) is 0 Å². The van der Waals surface area contributed by atoms with Crippen molar-refractivity contribution in [2.75, 3.05) is 13.7 Å². The highest BCUT2D eigenvalue weighted by molar-refractivity contribution is 6.31. The molecule has 0 bridgehead atoms. The molecule has 100 valence electrons. The Bertz CT molecular complexity index is 416. The Morgan fingerprint density at radius 3 is 2.78 bits per heavy atom. The lowest BCUT2D eigenvalue weighted by molar-refractivity contribution is 0.146. The lowest BCUT2D eigenvalue weighted by atomic mass is 10.2. The highest BCUT2D eigenvalue weighted by Gasteiger charge is 2.10. The van der Waals surface area contributed by atoms with Gasteiger partial charge in [-0.25, -0.2) is 13.6 Å². The van der Waals surface area contributed by atoms with Gasteiger partial charge in [-0.2, -0.15) is 0 Å². The first kappa shape index (κ1) is 14.5. The van der Waals surface area contributed by atoms with Crippen LogP contribution in [0, 0.1) is 0 Å². The molecule has 7 heteroatoms. The Labute approximate surface area is 108 Å². The van der Waals surface area contributed by atoms with Gasteiger partial charge in [0.15, 0.2) is 0 Å². The number of carbonyl (C=O) groups is 1. The smallest absolute Gasteiger partial charge is 0.315 e. The SMILES string of the molecule is COc1cccc(Cl)c1CNC(=O)NCC(F)F. The van der Waals surface area contributed by atoms with Gasteiger partial charge in [0.1, 0.15) is 5.75 Å². The second-order valence-electron chi connectivity index (χ2n) is 3.38. The standard InChI is InChI=1S/C11H13ClF2N2O2/c1-18-9-4-2-3-8(12)7(9)5-15-11(17)16-6-10(13)14/h2-4,10H,5-6H2,1H3,(H2,15,16,17). The second-order valence-corrected chi connectivity index (χ2v) is 3.78. The summed E-state index contributed by atoms with van der Waals surface area (Å²) in [5, 5.41) is 4.88. The number of urea groups is 1. The Balaban J connectivity index is 2.55. The van der Waals surface area contributed by atoms with E-state index in [4.69, 9.17) is 16.3 Å². The summed E-state index contributed by atoms with van der Waals surface area (Å²) in [5.74, 6) is 0.525. The van der Waals surface area contributed by atoms with Crippen LogP contribution in [0.3, 0.4) is 0 Å². The van der Waals surface area contributed by atoms with Gasteiger partial charge in [0.25, 0.3) is 6.43 Å². The van der Waals surface area contributed by atoms with Crippen molar-refractivity contribution in [1.29, 1.82) is 0 Å². The Morgan fingerprint density at radius 2 is 2.17 bits per heavy atom. The summed E-state index contributed by atoms with van der Waals surface area (Å²) < 4.78 is 28.8. The summed E-state index contributed by atoms with van der Waals surface area (Å²) in [5.41, 5.74) is 0.592. The highest BCUT2D eigenvalue weighted by Crippen LogP contribution is 2.25. The van der Waals surface area contributed by atoms with Crippen LogP contribution in [0.1, 0.15) is 5.56 Å². The molecule has 0 unspecified atom stereocenters. The molecule has 0 aromatic heterocycles. The van der Waals surface area contributed by atoms with Gasteiger partial charge in [0, 0.05) is 17.1 Å².